The van der Waals surface area contributed by atoms with Crippen LogP contribution in [-0.4, -0.2) is 54.3 Å². The minimum absolute atomic E-state index is 0.00884. The molecule has 1 aromatic carbocycles. The van der Waals surface area contributed by atoms with E-state index in [0.717, 1.165) is 31.6 Å². The molecule has 1 amide bonds. The summed E-state index contributed by atoms with van der Waals surface area (Å²) < 4.78 is 6.98. The minimum atomic E-state index is -0.203. The van der Waals surface area contributed by atoms with Crippen molar-refractivity contribution >= 4 is 5.91 Å². The lowest BCUT2D eigenvalue weighted by atomic mass is 9.79. The molecule has 24 heavy (non-hydrogen) atoms. The van der Waals surface area contributed by atoms with Crippen molar-refractivity contribution < 1.29 is 9.53 Å². The number of hydrogen-bond acceptors (Lipinski definition) is 5. The summed E-state index contributed by atoms with van der Waals surface area (Å²) in [6.45, 7) is 3.12. The third kappa shape index (κ3) is 3.80. The van der Waals surface area contributed by atoms with Crippen LogP contribution in [0.3, 0.4) is 0 Å². The first kappa shape index (κ1) is 16.6. The molecule has 7 heteroatoms. The summed E-state index contributed by atoms with van der Waals surface area (Å²) in [4.78, 5) is 12.4. The first-order chi connectivity index (χ1) is 11.7. The van der Waals surface area contributed by atoms with Gasteiger partial charge in [-0.25, -0.2) is 4.68 Å². The van der Waals surface area contributed by atoms with Gasteiger partial charge in [-0.05, 0) is 38.1 Å². The Morgan fingerprint density at radius 1 is 1.33 bits per heavy atom. The minimum Gasteiger partial charge on any atom is -0.384 e. The number of amides is 1. The quantitative estimate of drug-likeness (QED) is 0.827. The number of hydrogen-bond donors (Lipinski definition) is 2. The van der Waals surface area contributed by atoms with Crippen LogP contribution in [0.25, 0.3) is 5.69 Å². The van der Waals surface area contributed by atoms with Crippen LogP contribution in [0.5, 0.6) is 0 Å². The Kier molecular flexibility index (Phi) is 5.22. The van der Waals surface area contributed by atoms with Gasteiger partial charge >= 0.3 is 0 Å². The maximum atomic E-state index is 12.4. The van der Waals surface area contributed by atoms with Crippen LogP contribution < -0.4 is 10.6 Å². The SMILES string of the molecule is COCC1(CNC(=O)c2cn(-c3ccccc3)nn2)CCNCC1. The van der Waals surface area contributed by atoms with Gasteiger partial charge < -0.3 is 15.4 Å². The van der Waals surface area contributed by atoms with Gasteiger partial charge in [-0.15, -0.1) is 5.10 Å². The highest BCUT2D eigenvalue weighted by molar-refractivity contribution is 5.91. The monoisotopic (exact) mass is 329 g/mol. The zero-order valence-electron chi connectivity index (χ0n) is 13.9. The smallest absolute Gasteiger partial charge is 0.273 e. The van der Waals surface area contributed by atoms with Crippen LogP contribution in [0.4, 0.5) is 0 Å². The summed E-state index contributed by atoms with van der Waals surface area (Å²) in [5, 5.41) is 14.4. The average Bonchev–Trinajstić information content (AvgIpc) is 3.12. The fraction of sp³-hybridized carbons (Fsp3) is 0.471. The Labute approximate surface area is 141 Å². The number of rotatable bonds is 6. The van der Waals surface area contributed by atoms with Gasteiger partial charge in [0.15, 0.2) is 5.69 Å². The summed E-state index contributed by atoms with van der Waals surface area (Å²) >= 11 is 0. The molecule has 1 aliphatic heterocycles. The van der Waals surface area contributed by atoms with Crippen molar-refractivity contribution in [2.75, 3.05) is 33.4 Å². The van der Waals surface area contributed by atoms with E-state index in [0.29, 0.717) is 18.8 Å². The van der Waals surface area contributed by atoms with Gasteiger partial charge in [0.2, 0.25) is 0 Å². The van der Waals surface area contributed by atoms with Crippen molar-refractivity contribution in [3.05, 3.63) is 42.2 Å². The maximum absolute atomic E-state index is 12.4. The highest BCUT2D eigenvalue weighted by Gasteiger charge is 2.32. The molecule has 1 saturated heterocycles. The Hall–Kier alpha value is -2.25. The van der Waals surface area contributed by atoms with E-state index in [9.17, 15) is 4.79 Å². The Morgan fingerprint density at radius 3 is 2.79 bits per heavy atom. The summed E-state index contributed by atoms with van der Waals surface area (Å²) in [6, 6.07) is 9.60. The number of nitrogens with one attached hydrogen (secondary N) is 2. The van der Waals surface area contributed by atoms with E-state index < -0.39 is 0 Å². The van der Waals surface area contributed by atoms with E-state index in [1.165, 1.54) is 0 Å². The number of carbonyl (C=O) groups excluding carboxylic acids is 1. The molecule has 0 aliphatic carbocycles. The number of benzene rings is 1. The number of ether oxygens (including phenoxy) is 1. The van der Waals surface area contributed by atoms with Crippen molar-refractivity contribution in [1.82, 2.24) is 25.6 Å². The summed E-state index contributed by atoms with van der Waals surface area (Å²) in [6.07, 6.45) is 3.62. The number of aromatic nitrogens is 3. The third-order valence-electron chi connectivity index (χ3n) is 4.49. The molecular formula is C17H23N5O2. The number of carbonyl (C=O) groups is 1. The van der Waals surface area contributed by atoms with Gasteiger partial charge in [-0.2, -0.15) is 0 Å². The van der Waals surface area contributed by atoms with E-state index in [1.54, 1.807) is 18.0 Å². The normalized spacial score (nSPS) is 16.7. The van der Waals surface area contributed by atoms with Crippen molar-refractivity contribution in [1.29, 1.82) is 0 Å². The van der Waals surface area contributed by atoms with Crippen LogP contribution in [0.15, 0.2) is 36.5 Å². The Bertz CT molecular complexity index is 659. The fourth-order valence-electron chi connectivity index (χ4n) is 3.07. The molecule has 0 spiro atoms. The van der Waals surface area contributed by atoms with Gasteiger partial charge in [0, 0.05) is 19.1 Å². The maximum Gasteiger partial charge on any atom is 0.273 e. The first-order valence-electron chi connectivity index (χ1n) is 8.18. The fourth-order valence-corrected chi connectivity index (χ4v) is 3.07. The lowest BCUT2D eigenvalue weighted by Gasteiger charge is -2.37. The van der Waals surface area contributed by atoms with Crippen molar-refractivity contribution in [2.45, 2.75) is 12.8 Å². The van der Waals surface area contributed by atoms with Crippen LogP contribution in [0, 0.1) is 5.41 Å². The molecule has 0 unspecified atom stereocenters. The van der Waals surface area contributed by atoms with Crippen molar-refractivity contribution in [3.8, 4) is 5.69 Å². The largest absolute Gasteiger partial charge is 0.384 e. The van der Waals surface area contributed by atoms with Gasteiger partial charge in [-0.1, -0.05) is 23.4 Å². The van der Waals surface area contributed by atoms with Crippen LogP contribution in [-0.2, 0) is 4.74 Å². The molecule has 0 bridgehead atoms. The number of para-hydroxylation sites is 1. The molecule has 1 fully saturated rings. The van der Waals surface area contributed by atoms with Gasteiger partial charge in [0.25, 0.3) is 5.91 Å². The molecule has 2 heterocycles. The molecule has 0 atom stereocenters. The van der Waals surface area contributed by atoms with E-state index in [4.69, 9.17) is 4.74 Å². The topological polar surface area (TPSA) is 81.1 Å². The molecule has 2 N–H and O–H groups in total. The predicted molar refractivity (Wildman–Crippen MR) is 90.1 cm³/mol. The molecule has 3 rings (SSSR count). The molecule has 128 valence electrons. The van der Waals surface area contributed by atoms with Crippen LogP contribution >= 0.6 is 0 Å². The Balaban J connectivity index is 1.63. The molecule has 7 nitrogen and oxygen atoms in total. The molecule has 0 saturated carbocycles. The molecule has 1 aliphatic rings. The van der Waals surface area contributed by atoms with Gasteiger partial charge in [0.05, 0.1) is 18.5 Å². The molecule has 1 aromatic heterocycles. The van der Waals surface area contributed by atoms with E-state index in [2.05, 4.69) is 20.9 Å². The number of methoxy groups -OCH3 is 1. The summed E-state index contributed by atoms with van der Waals surface area (Å²) in [5.74, 6) is -0.203. The molecule has 2 aromatic rings. The van der Waals surface area contributed by atoms with E-state index in [-0.39, 0.29) is 11.3 Å². The lowest BCUT2D eigenvalue weighted by Crippen LogP contribution is -2.47. The van der Waals surface area contributed by atoms with Crippen molar-refractivity contribution in [3.63, 3.8) is 0 Å². The second-order valence-electron chi connectivity index (χ2n) is 6.25. The van der Waals surface area contributed by atoms with Crippen LogP contribution in [0.1, 0.15) is 23.3 Å². The third-order valence-corrected chi connectivity index (χ3v) is 4.49. The zero-order chi connectivity index (χ0) is 16.8. The number of piperidine rings is 1. The summed E-state index contributed by atoms with van der Waals surface area (Å²) in [5.41, 5.74) is 1.18. The summed E-state index contributed by atoms with van der Waals surface area (Å²) in [7, 11) is 1.71. The first-order valence-corrected chi connectivity index (χ1v) is 8.18. The van der Waals surface area contributed by atoms with Crippen LogP contribution in [0.2, 0.25) is 0 Å². The molecular weight excluding hydrogens is 306 g/mol. The van der Waals surface area contributed by atoms with Crippen molar-refractivity contribution in [2.24, 2.45) is 5.41 Å². The van der Waals surface area contributed by atoms with Gasteiger partial charge in [-0.3, -0.25) is 4.79 Å². The highest BCUT2D eigenvalue weighted by atomic mass is 16.5. The van der Waals surface area contributed by atoms with E-state index >= 15 is 0 Å². The zero-order valence-corrected chi connectivity index (χ0v) is 13.9. The highest BCUT2D eigenvalue weighted by Crippen LogP contribution is 2.28. The lowest BCUT2D eigenvalue weighted by molar-refractivity contribution is 0.0510. The second-order valence-corrected chi connectivity index (χ2v) is 6.25. The molecule has 0 radical (unpaired) electrons. The van der Waals surface area contributed by atoms with E-state index in [1.807, 2.05) is 30.3 Å². The Morgan fingerprint density at radius 2 is 2.08 bits per heavy atom. The predicted octanol–water partition coefficient (Wildman–Crippen LogP) is 1.01. The standard InChI is InChI=1S/C17H23N5O2/c1-24-13-17(7-9-18-10-8-17)12-19-16(23)15-11-22(21-20-15)14-5-3-2-4-6-14/h2-6,11,18H,7-10,12-13H2,1H3,(H,19,23). The number of nitrogens with zero attached hydrogens (tertiary/aromatic N) is 3. The average molecular weight is 329 g/mol. The second kappa shape index (κ2) is 7.55. The van der Waals surface area contributed by atoms with Gasteiger partial charge in [0.1, 0.15) is 0 Å².